The molecule has 158 valence electrons. The highest BCUT2D eigenvalue weighted by molar-refractivity contribution is 7.93. The molecule has 0 aliphatic carbocycles. The molecular formula is C17H15ClN4O5S3. The number of anilines is 2. The minimum atomic E-state index is -3.90. The Bertz CT molecular complexity index is 1300. The first-order valence-electron chi connectivity index (χ1n) is 8.16. The highest BCUT2D eigenvalue weighted by atomic mass is 35.5. The summed E-state index contributed by atoms with van der Waals surface area (Å²) in [5, 5.41) is 8.06. The van der Waals surface area contributed by atoms with Crippen molar-refractivity contribution in [3.05, 3.63) is 64.1 Å². The average molecular weight is 487 g/mol. The molecule has 4 N–H and O–H groups in total. The molecule has 0 saturated carbocycles. The lowest BCUT2D eigenvalue weighted by Crippen LogP contribution is -2.13. The number of nitrogens with one attached hydrogen (secondary N) is 2. The van der Waals surface area contributed by atoms with Crippen LogP contribution in [0.4, 0.5) is 10.8 Å². The van der Waals surface area contributed by atoms with Gasteiger partial charge in [0.05, 0.1) is 15.5 Å². The van der Waals surface area contributed by atoms with Crippen molar-refractivity contribution in [1.29, 1.82) is 0 Å². The molecule has 13 heteroatoms. The van der Waals surface area contributed by atoms with Gasteiger partial charge in [-0.05, 0) is 55.5 Å². The third-order valence-electron chi connectivity index (χ3n) is 3.79. The Hall–Kier alpha value is -2.51. The fourth-order valence-corrected chi connectivity index (χ4v) is 5.09. The second-order valence-corrected chi connectivity index (χ2v) is 10.7. The van der Waals surface area contributed by atoms with E-state index in [4.69, 9.17) is 16.7 Å². The van der Waals surface area contributed by atoms with E-state index in [1.165, 1.54) is 48.5 Å². The number of hydrogen-bond donors (Lipinski definition) is 3. The van der Waals surface area contributed by atoms with Crippen molar-refractivity contribution >= 4 is 59.7 Å². The molecule has 3 aromatic rings. The van der Waals surface area contributed by atoms with Gasteiger partial charge in [0.25, 0.3) is 15.9 Å². The molecule has 30 heavy (non-hydrogen) atoms. The summed E-state index contributed by atoms with van der Waals surface area (Å²) in [4.78, 5) is 16.7. The van der Waals surface area contributed by atoms with Crippen LogP contribution in [0.3, 0.4) is 0 Å². The van der Waals surface area contributed by atoms with E-state index in [1.807, 2.05) is 0 Å². The molecule has 0 spiro atoms. The van der Waals surface area contributed by atoms with E-state index in [0.717, 1.165) is 11.3 Å². The van der Waals surface area contributed by atoms with Crippen LogP contribution >= 0.6 is 22.9 Å². The van der Waals surface area contributed by atoms with Crippen LogP contribution in [0, 0.1) is 6.92 Å². The minimum Gasteiger partial charge on any atom is -0.321 e. The van der Waals surface area contributed by atoms with Gasteiger partial charge in [0, 0.05) is 10.7 Å². The van der Waals surface area contributed by atoms with Crippen molar-refractivity contribution < 1.29 is 21.6 Å². The van der Waals surface area contributed by atoms with Gasteiger partial charge >= 0.3 is 0 Å². The van der Waals surface area contributed by atoms with Crippen LogP contribution in [-0.2, 0) is 20.0 Å². The number of aryl methyl sites for hydroxylation is 1. The number of benzene rings is 2. The Kier molecular flexibility index (Phi) is 6.15. The van der Waals surface area contributed by atoms with Gasteiger partial charge in [-0.3, -0.25) is 9.52 Å². The number of halogens is 1. The van der Waals surface area contributed by atoms with Gasteiger partial charge in [0.1, 0.15) is 4.88 Å². The third kappa shape index (κ3) is 5.15. The number of primary sulfonamides is 1. The van der Waals surface area contributed by atoms with E-state index in [0.29, 0.717) is 16.4 Å². The number of thiazole rings is 1. The van der Waals surface area contributed by atoms with Crippen LogP contribution in [0.25, 0.3) is 0 Å². The van der Waals surface area contributed by atoms with Gasteiger partial charge < -0.3 is 5.32 Å². The zero-order valence-electron chi connectivity index (χ0n) is 15.3. The topological polar surface area (TPSA) is 148 Å². The lowest BCUT2D eigenvalue weighted by atomic mass is 10.3. The lowest BCUT2D eigenvalue weighted by Gasteiger charge is -2.05. The number of nitrogens with zero attached hydrogens (tertiary/aromatic N) is 1. The van der Waals surface area contributed by atoms with Crippen molar-refractivity contribution in [2.75, 3.05) is 10.0 Å². The molecule has 9 nitrogen and oxygen atoms in total. The first kappa shape index (κ1) is 22.2. The fraction of sp³-hybridized carbons (Fsp3) is 0.0588. The van der Waals surface area contributed by atoms with Crippen LogP contribution in [0.15, 0.2) is 58.3 Å². The van der Waals surface area contributed by atoms with Crippen LogP contribution in [0.2, 0.25) is 5.02 Å². The van der Waals surface area contributed by atoms with Gasteiger partial charge in [-0.15, -0.1) is 0 Å². The Balaban J connectivity index is 1.77. The van der Waals surface area contributed by atoms with E-state index >= 15 is 0 Å². The summed E-state index contributed by atoms with van der Waals surface area (Å²) in [5.74, 6) is -0.523. The quantitative estimate of drug-likeness (QED) is 0.487. The number of carbonyl (C=O) groups is 1. The van der Waals surface area contributed by atoms with E-state index < -0.39 is 26.0 Å². The maximum Gasteiger partial charge on any atom is 0.267 e. The number of nitrogens with two attached hydrogens (primary N) is 1. The molecule has 0 bridgehead atoms. The van der Waals surface area contributed by atoms with Crippen molar-refractivity contribution in [2.45, 2.75) is 16.7 Å². The SMILES string of the molecule is Cc1nc(NS(=O)(=O)c2ccc(Cl)cc2)sc1C(=O)Nc1ccc(S(N)(=O)=O)cc1. The summed E-state index contributed by atoms with van der Waals surface area (Å²) in [6.45, 7) is 1.57. The van der Waals surface area contributed by atoms with E-state index in [9.17, 15) is 21.6 Å². The number of sulfonamides is 2. The van der Waals surface area contributed by atoms with Crippen molar-refractivity contribution in [3.8, 4) is 0 Å². The number of carbonyl (C=O) groups excluding carboxylic acids is 1. The zero-order chi connectivity index (χ0) is 22.1. The summed E-state index contributed by atoms with van der Waals surface area (Å²) in [5.41, 5.74) is 0.663. The molecule has 3 rings (SSSR count). The largest absolute Gasteiger partial charge is 0.321 e. The van der Waals surface area contributed by atoms with Crippen LogP contribution in [0.5, 0.6) is 0 Å². The van der Waals surface area contributed by atoms with Gasteiger partial charge in [0.2, 0.25) is 10.0 Å². The number of amides is 1. The first-order chi connectivity index (χ1) is 14.0. The molecular weight excluding hydrogens is 472 g/mol. The smallest absolute Gasteiger partial charge is 0.267 e. The normalized spacial score (nSPS) is 11.8. The monoisotopic (exact) mass is 486 g/mol. The first-order valence-corrected chi connectivity index (χ1v) is 12.4. The molecule has 0 unspecified atom stereocenters. The highest BCUT2D eigenvalue weighted by Crippen LogP contribution is 2.26. The molecule has 0 saturated heterocycles. The van der Waals surface area contributed by atoms with Gasteiger partial charge in [-0.2, -0.15) is 0 Å². The molecule has 0 aliphatic rings. The number of aromatic nitrogens is 1. The standard InChI is InChI=1S/C17H15ClN4O5S3/c1-10-15(16(23)21-12-4-8-13(9-5-12)29(19,24)25)28-17(20-10)22-30(26,27)14-6-2-11(18)3-7-14/h2-9H,1H3,(H,20,22)(H,21,23)(H2,19,24,25). The van der Waals surface area contributed by atoms with Crippen LogP contribution < -0.4 is 15.2 Å². The molecule has 0 atom stereocenters. The molecule has 0 aliphatic heterocycles. The zero-order valence-corrected chi connectivity index (χ0v) is 18.5. The maximum absolute atomic E-state index is 12.5. The summed E-state index contributed by atoms with van der Waals surface area (Å²) < 4.78 is 49.8. The summed E-state index contributed by atoms with van der Waals surface area (Å²) in [6, 6.07) is 10.9. The fourth-order valence-electron chi connectivity index (χ4n) is 2.35. The minimum absolute atomic E-state index is 0.000649. The summed E-state index contributed by atoms with van der Waals surface area (Å²) in [6.07, 6.45) is 0. The molecule has 1 heterocycles. The second-order valence-electron chi connectivity index (χ2n) is 6.02. The number of rotatable bonds is 6. The average Bonchev–Trinajstić information content (AvgIpc) is 3.01. The Morgan fingerprint density at radius 2 is 1.57 bits per heavy atom. The molecule has 0 radical (unpaired) electrons. The van der Waals surface area contributed by atoms with Gasteiger partial charge in [0.15, 0.2) is 5.13 Å². The van der Waals surface area contributed by atoms with Gasteiger partial charge in [-0.1, -0.05) is 22.9 Å². The Morgan fingerprint density at radius 3 is 2.13 bits per heavy atom. The van der Waals surface area contributed by atoms with Crippen molar-refractivity contribution in [2.24, 2.45) is 5.14 Å². The van der Waals surface area contributed by atoms with Crippen molar-refractivity contribution in [1.82, 2.24) is 4.98 Å². The highest BCUT2D eigenvalue weighted by Gasteiger charge is 2.20. The summed E-state index contributed by atoms with van der Waals surface area (Å²) >= 11 is 6.64. The molecule has 0 fully saturated rings. The predicted octanol–water partition coefficient (Wildman–Crippen LogP) is 2.81. The van der Waals surface area contributed by atoms with Crippen LogP contribution in [0.1, 0.15) is 15.4 Å². The van der Waals surface area contributed by atoms with E-state index in [1.54, 1.807) is 6.92 Å². The predicted molar refractivity (Wildman–Crippen MR) is 115 cm³/mol. The molecule has 2 aromatic carbocycles. The second kappa shape index (κ2) is 8.32. The third-order valence-corrected chi connectivity index (χ3v) is 7.53. The maximum atomic E-state index is 12.5. The Morgan fingerprint density at radius 1 is 1.00 bits per heavy atom. The summed E-state index contributed by atoms with van der Waals surface area (Å²) in [7, 11) is -7.74. The van der Waals surface area contributed by atoms with Crippen LogP contribution in [-0.4, -0.2) is 27.7 Å². The van der Waals surface area contributed by atoms with E-state index in [-0.39, 0.29) is 19.8 Å². The number of hydrogen-bond acceptors (Lipinski definition) is 7. The Labute approximate surface area is 182 Å². The molecule has 1 aromatic heterocycles. The molecule has 1 amide bonds. The van der Waals surface area contributed by atoms with Crippen molar-refractivity contribution in [3.63, 3.8) is 0 Å². The van der Waals surface area contributed by atoms with E-state index in [2.05, 4.69) is 15.0 Å². The lowest BCUT2D eigenvalue weighted by molar-refractivity contribution is 0.103. The van der Waals surface area contributed by atoms with Gasteiger partial charge in [-0.25, -0.2) is 27.0 Å².